The molecule has 2 aromatic rings. The Morgan fingerprint density at radius 1 is 1.19 bits per heavy atom. The lowest BCUT2D eigenvalue weighted by Gasteiger charge is -2.19. The molecule has 0 aliphatic heterocycles. The Morgan fingerprint density at radius 3 is 2.52 bits per heavy atom. The summed E-state index contributed by atoms with van der Waals surface area (Å²) >= 11 is 0. The van der Waals surface area contributed by atoms with Crippen LogP contribution < -0.4 is 10.2 Å². The molecule has 0 atom stereocenters. The summed E-state index contributed by atoms with van der Waals surface area (Å²) in [6, 6.07) is 11.6. The van der Waals surface area contributed by atoms with E-state index < -0.39 is 0 Å². The van der Waals surface area contributed by atoms with E-state index in [-0.39, 0.29) is 5.91 Å². The molecule has 0 saturated heterocycles. The number of carbonyl (C=O) groups is 1. The van der Waals surface area contributed by atoms with Gasteiger partial charge in [-0.15, -0.1) is 0 Å². The fraction of sp³-hybridized carbons (Fsp3) is 0.294. The topological polar surface area (TPSA) is 45.2 Å². The van der Waals surface area contributed by atoms with E-state index in [1.807, 2.05) is 31.2 Å². The Morgan fingerprint density at radius 2 is 1.90 bits per heavy atom. The zero-order valence-electron chi connectivity index (χ0n) is 12.8. The summed E-state index contributed by atoms with van der Waals surface area (Å²) in [5.74, 6) is 0.560. The Hall–Kier alpha value is -2.36. The minimum absolute atomic E-state index is 0.0664. The molecule has 0 aliphatic rings. The number of nitrogens with zero attached hydrogens (tertiary/aromatic N) is 2. The van der Waals surface area contributed by atoms with Crippen molar-refractivity contribution in [2.45, 2.75) is 20.3 Å². The molecular formula is C17H21N3O. The molecule has 0 bridgehead atoms. The van der Waals surface area contributed by atoms with Gasteiger partial charge in [-0.3, -0.25) is 4.79 Å². The maximum absolute atomic E-state index is 12.6. The van der Waals surface area contributed by atoms with Crippen molar-refractivity contribution in [3.63, 3.8) is 0 Å². The average molecular weight is 283 g/mol. The van der Waals surface area contributed by atoms with Crippen LogP contribution in [0.2, 0.25) is 0 Å². The number of benzene rings is 1. The summed E-state index contributed by atoms with van der Waals surface area (Å²) in [5, 5.41) is 3.12. The Kier molecular flexibility index (Phi) is 4.93. The zero-order chi connectivity index (χ0) is 15.2. The van der Waals surface area contributed by atoms with Crippen LogP contribution in [-0.2, 0) is 6.42 Å². The van der Waals surface area contributed by atoms with Gasteiger partial charge in [0.15, 0.2) is 0 Å². The molecule has 0 saturated carbocycles. The highest BCUT2D eigenvalue weighted by atomic mass is 16.2. The first kappa shape index (κ1) is 15.0. The molecule has 1 aromatic heterocycles. The Bertz CT molecular complexity index is 608. The third-order valence-electron chi connectivity index (χ3n) is 3.42. The van der Waals surface area contributed by atoms with E-state index in [0.29, 0.717) is 11.4 Å². The van der Waals surface area contributed by atoms with E-state index in [1.54, 1.807) is 30.3 Å². The van der Waals surface area contributed by atoms with Gasteiger partial charge in [0.1, 0.15) is 5.82 Å². The molecule has 0 unspecified atom stereocenters. The third-order valence-corrected chi connectivity index (χ3v) is 3.42. The summed E-state index contributed by atoms with van der Waals surface area (Å²) < 4.78 is 0. The second kappa shape index (κ2) is 6.88. The molecule has 1 aromatic carbocycles. The van der Waals surface area contributed by atoms with Crippen molar-refractivity contribution in [2.75, 3.05) is 23.8 Å². The van der Waals surface area contributed by atoms with Crippen molar-refractivity contribution in [3.8, 4) is 0 Å². The smallest absolute Gasteiger partial charge is 0.261 e. The van der Waals surface area contributed by atoms with Crippen molar-refractivity contribution >= 4 is 17.4 Å². The summed E-state index contributed by atoms with van der Waals surface area (Å²) in [6.07, 6.45) is 2.68. The van der Waals surface area contributed by atoms with Gasteiger partial charge in [0, 0.05) is 25.5 Å². The molecule has 1 heterocycles. The lowest BCUT2D eigenvalue weighted by atomic mass is 10.1. The Labute approximate surface area is 125 Å². The maximum Gasteiger partial charge on any atom is 0.261 e. The highest BCUT2D eigenvalue weighted by molar-refractivity contribution is 6.08. The Balaban J connectivity index is 2.26. The number of aromatic nitrogens is 1. The van der Waals surface area contributed by atoms with Crippen LogP contribution in [0.3, 0.4) is 0 Å². The molecule has 4 heteroatoms. The van der Waals surface area contributed by atoms with Crippen molar-refractivity contribution in [1.82, 2.24) is 4.98 Å². The minimum atomic E-state index is -0.0664. The number of nitrogens with one attached hydrogen (secondary N) is 1. The largest absolute Gasteiger partial charge is 0.370 e. The normalized spacial score (nSPS) is 10.2. The quantitative estimate of drug-likeness (QED) is 0.915. The van der Waals surface area contributed by atoms with Crippen LogP contribution in [0.25, 0.3) is 0 Å². The van der Waals surface area contributed by atoms with Crippen molar-refractivity contribution in [2.24, 2.45) is 0 Å². The van der Waals surface area contributed by atoms with Crippen LogP contribution >= 0.6 is 0 Å². The predicted molar refractivity (Wildman–Crippen MR) is 87.0 cm³/mol. The molecule has 110 valence electrons. The number of amides is 1. The predicted octanol–water partition coefficient (Wildman–Crippen LogP) is 3.35. The summed E-state index contributed by atoms with van der Waals surface area (Å²) in [6.45, 7) is 4.82. The number of rotatable bonds is 5. The van der Waals surface area contributed by atoms with E-state index in [1.165, 1.54) is 5.56 Å². The zero-order valence-corrected chi connectivity index (χ0v) is 12.8. The maximum atomic E-state index is 12.6. The summed E-state index contributed by atoms with van der Waals surface area (Å²) in [7, 11) is 1.78. The number of hydrogen-bond donors (Lipinski definition) is 1. The molecule has 0 aliphatic carbocycles. The SMILES string of the molecule is CCNc1ncccc1C(=O)N(C)c1ccc(CC)cc1. The van der Waals surface area contributed by atoms with Crippen LogP contribution in [0.5, 0.6) is 0 Å². The van der Waals surface area contributed by atoms with E-state index >= 15 is 0 Å². The van der Waals surface area contributed by atoms with Gasteiger partial charge in [-0.1, -0.05) is 19.1 Å². The van der Waals surface area contributed by atoms with Crippen LogP contribution in [0.15, 0.2) is 42.6 Å². The van der Waals surface area contributed by atoms with Gasteiger partial charge in [0.2, 0.25) is 0 Å². The van der Waals surface area contributed by atoms with Gasteiger partial charge in [0.25, 0.3) is 5.91 Å². The van der Waals surface area contributed by atoms with Gasteiger partial charge in [-0.05, 0) is 43.2 Å². The summed E-state index contributed by atoms with van der Waals surface area (Å²) in [5.41, 5.74) is 2.72. The third kappa shape index (κ3) is 3.40. The van der Waals surface area contributed by atoms with E-state index in [9.17, 15) is 4.79 Å². The second-order valence-electron chi connectivity index (χ2n) is 4.81. The molecule has 0 radical (unpaired) electrons. The average Bonchev–Trinajstić information content (AvgIpc) is 2.54. The van der Waals surface area contributed by atoms with Gasteiger partial charge in [-0.2, -0.15) is 0 Å². The van der Waals surface area contributed by atoms with E-state index in [4.69, 9.17) is 0 Å². The first-order valence-corrected chi connectivity index (χ1v) is 7.23. The lowest BCUT2D eigenvalue weighted by molar-refractivity contribution is 0.0993. The van der Waals surface area contributed by atoms with Crippen molar-refractivity contribution in [3.05, 3.63) is 53.7 Å². The molecule has 2 rings (SSSR count). The number of carbonyl (C=O) groups excluding carboxylic acids is 1. The molecule has 0 fully saturated rings. The van der Waals surface area contributed by atoms with Gasteiger partial charge in [-0.25, -0.2) is 4.98 Å². The van der Waals surface area contributed by atoms with Crippen LogP contribution in [0.4, 0.5) is 11.5 Å². The molecular weight excluding hydrogens is 262 g/mol. The van der Waals surface area contributed by atoms with Crippen LogP contribution in [0.1, 0.15) is 29.8 Å². The monoisotopic (exact) mass is 283 g/mol. The highest BCUT2D eigenvalue weighted by Crippen LogP contribution is 2.19. The summed E-state index contributed by atoms with van der Waals surface area (Å²) in [4.78, 5) is 18.5. The fourth-order valence-electron chi connectivity index (χ4n) is 2.14. The standard InChI is InChI=1S/C17H21N3O/c1-4-13-8-10-14(11-9-13)20(3)17(21)15-7-6-12-19-16(15)18-5-2/h6-12H,4-5H2,1-3H3,(H,18,19). The number of hydrogen-bond acceptors (Lipinski definition) is 3. The fourth-order valence-corrected chi connectivity index (χ4v) is 2.14. The van der Waals surface area contributed by atoms with Gasteiger partial charge >= 0.3 is 0 Å². The lowest BCUT2D eigenvalue weighted by Crippen LogP contribution is -2.27. The number of aryl methyl sites for hydroxylation is 1. The van der Waals surface area contributed by atoms with Crippen molar-refractivity contribution in [1.29, 1.82) is 0 Å². The van der Waals surface area contributed by atoms with Gasteiger partial charge < -0.3 is 10.2 Å². The first-order chi connectivity index (χ1) is 10.2. The first-order valence-electron chi connectivity index (χ1n) is 7.23. The number of anilines is 2. The second-order valence-corrected chi connectivity index (χ2v) is 4.81. The van der Waals surface area contributed by atoms with Crippen LogP contribution in [0, 0.1) is 0 Å². The molecule has 1 N–H and O–H groups in total. The molecule has 1 amide bonds. The number of pyridine rings is 1. The minimum Gasteiger partial charge on any atom is -0.370 e. The molecule has 0 spiro atoms. The van der Waals surface area contributed by atoms with E-state index in [2.05, 4.69) is 17.2 Å². The van der Waals surface area contributed by atoms with Crippen molar-refractivity contribution < 1.29 is 4.79 Å². The van der Waals surface area contributed by atoms with Gasteiger partial charge in [0.05, 0.1) is 5.56 Å². The highest BCUT2D eigenvalue weighted by Gasteiger charge is 2.17. The van der Waals surface area contributed by atoms with E-state index in [0.717, 1.165) is 18.7 Å². The molecule has 4 nitrogen and oxygen atoms in total. The molecule has 21 heavy (non-hydrogen) atoms. The van der Waals surface area contributed by atoms with Crippen LogP contribution in [-0.4, -0.2) is 24.5 Å².